The van der Waals surface area contributed by atoms with Gasteiger partial charge in [0.1, 0.15) is 0 Å². The molecule has 0 aromatic heterocycles. The van der Waals surface area contributed by atoms with Gasteiger partial charge in [-0.1, -0.05) is 0 Å². The lowest BCUT2D eigenvalue weighted by molar-refractivity contribution is -0.260. The summed E-state index contributed by atoms with van der Waals surface area (Å²) in [5.41, 5.74) is 0. The van der Waals surface area contributed by atoms with E-state index < -0.39 is 12.3 Å². The van der Waals surface area contributed by atoms with Crippen molar-refractivity contribution in [1.82, 2.24) is 0 Å². The number of ether oxygens (including phenoxy) is 1. The van der Waals surface area contributed by atoms with Gasteiger partial charge in [0.15, 0.2) is 6.10 Å². The summed E-state index contributed by atoms with van der Waals surface area (Å²) in [4.78, 5) is 0. The lowest BCUT2D eigenvalue weighted by atomic mass is 10.2. The SMILES string of the molecule is FC(F)(F)C1CCO1. The van der Waals surface area contributed by atoms with Gasteiger partial charge < -0.3 is 4.74 Å². The Morgan fingerprint density at radius 3 is 1.88 bits per heavy atom. The predicted molar refractivity (Wildman–Crippen MR) is 20.4 cm³/mol. The highest BCUT2D eigenvalue weighted by molar-refractivity contribution is 4.73. The molecule has 4 heteroatoms. The second-order valence-electron chi connectivity index (χ2n) is 1.69. The first-order valence-electron chi connectivity index (χ1n) is 2.29. The second kappa shape index (κ2) is 1.62. The quantitative estimate of drug-likeness (QED) is 0.475. The molecule has 48 valence electrons. The first-order chi connectivity index (χ1) is 3.61. The Labute approximate surface area is 44.4 Å². The molecule has 0 radical (unpaired) electrons. The van der Waals surface area contributed by atoms with Crippen molar-refractivity contribution in [3.8, 4) is 0 Å². The zero-order valence-corrected chi connectivity index (χ0v) is 4.03. The van der Waals surface area contributed by atoms with Gasteiger partial charge in [-0.2, -0.15) is 13.2 Å². The van der Waals surface area contributed by atoms with Gasteiger partial charge in [0, 0.05) is 6.42 Å². The summed E-state index contributed by atoms with van der Waals surface area (Å²) in [6.07, 6.45) is -5.47. The van der Waals surface area contributed by atoms with E-state index in [2.05, 4.69) is 4.74 Å². The molecule has 1 fully saturated rings. The third-order valence-electron chi connectivity index (χ3n) is 1.06. The molecule has 0 aromatic carbocycles. The second-order valence-corrected chi connectivity index (χ2v) is 1.69. The predicted octanol–water partition coefficient (Wildman–Crippen LogP) is 1.34. The Balaban J connectivity index is 2.34. The summed E-state index contributed by atoms with van der Waals surface area (Å²) < 4.78 is 38.3. The molecule has 0 N–H and O–H groups in total. The van der Waals surface area contributed by atoms with Crippen LogP contribution in [0.2, 0.25) is 0 Å². The molecule has 1 heterocycles. The van der Waals surface area contributed by atoms with Gasteiger partial charge in [-0.05, 0) is 0 Å². The van der Waals surface area contributed by atoms with E-state index in [4.69, 9.17) is 0 Å². The fraction of sp³-hybridized carbons (Fsp3) is 1.00. The average Bonchev–Trinajstić information content (AvgIpc) is 1.16. The lowest BCUT2D eigenvalue weighted by Crippen LogP contribution is -2.40. The Bertz CT molecular complexity index is 83.8. The summed E-state index contributed by atoms with van der Waals surface area (Å²) >= 11 is 0. The van der Waals surface area contributed by atoms with Crippen molar-refractivity contribution in [2.75, 3.05) is 6.61 Å². The van der Waals surface area contributed by atoms with Crippen LogP contribution in [0.15, 0.2) is 0 Å². The summed E-state index contributed by atoms with van der Waals surface area (Å²) in [6, 6.07) is 0. The lowest BCUT2D eigenvalue weighted by Gasteiger charge is -2.27. The molecule has 8 heavy (non-hydrogen) atoms. The van der Waals surface area contributed by atoms with Gasteiger partial charge in [0.05, 0.1) is 6.61 Å². The van der Waals surface area contributed by atoms with Gasteiger partial charge in [-0.3, -0.25) is 0 Å². The molecule has 0 saturated carbocycles. The standard InChI is InChI=1S/C4H5F3O/c5-4(6,7)3-1-2-8-3/h3H,1-2H2. The summed E-state index contributed by atoms with van der Waals surface area (Å²) in [5, 5.41) is 0. The van der Waals surface area contributed by atoms with Crippen molar-refractivity contribution in [2.45, 2.75) is 18.7 Å². The first kappa shape index (κ1) is 5.88. The van der Waals surface area contributed by atoms with Crippen LogP contribution >= 0.6 is 0 Å². The molecule has 0 spiro atoms. The van der Waals surface area contributed by atoms with E-state index in [1.807, 2.05) is 0 Å². The summed E-state index contributed by atoms with van der Waals surface area (Å²) in [6.45, 7) is 0.254. The minimum absolute atomic E-state index is 0.128. The molecule has 0 aromatic rings. The number of hydrogen-bond donors (Lipinski definition) is 0. The van der Waals surface area contributed by atoms with Crippen LogP contribution in [-0.4, -0.2) is 18.9 Å². The normalized spacial score (nSPS) is 29.6. The van der Waals surface area contributed by atoms with Crippen molar-refractivity contribution < 1.29 is 17.9 Å². The topological polar surface area (TPSA) is 9.23 Å². The van der Waals surface area contributed by atoms with Crippen molar-refractivity contribution in [2.24, 2.45) is 0 Å². The van der Waals surface area contributed by atoms with Crippen LogP contribution in [0.1, 0.15) is 6.42 Å². The fourth-order valence-electron chi connectivity index (χ4n) is 0.494. The van der Waals surface area contributed by atoms with E-state index in [1.54, 1.807) is 0 Å². The molecule has 1 aliphatic rings. The highest BCUT2D eigenvalue weighted by Crippen LogP contribution is 2.30. The zero-order chi connectivity index (χ0) is 6.20. The van der Waals surface area contributed by atoms with Gasteiger partial charge in [0.25, 0.3) is 0 Å². The van der Waals surface area contributed by atoms with E-state index in [1.165, 1.54) is 0 Å². The van der Waals surface area contributed by atoms with Gasteiger partial charge in [0.2, 0.25) is 0 Å². The maximum Gasteiger partial charge on any atom is 0.414 e. The fourth-order valence-corrected chi connectivity index (χ4v) is 0.494. The average molecular weight is 126 g/mol. The molecule has 1 unspecified atom stereocenters. The van der Waals surface area contributed by atoms with Gasteiger partial charge >= 0.3 is 6.18 Å². The molecule has 0 aliphatic carbocycles. The van der Waals surface area contributed by atoms with Crippen LogP contribution < -0.4 is 0 Å². The molecule has 1 saturated heterocycles. The minimum Gasteiger partial charge on any atom is -0.369 e. The molecular formula is C4H5F3O. The smallest absolute Gasteiger partial charge is 0.369 e. The maximum absolute atomic E-state index is 11.4. The van der Waals surface area contributed by atoms with Crippen molar-refractivity contribution in [3.05, 3.63) is 0 Å². The molecule has 1 aliphatic heterocycles. The van der Waals surface area contributed by atoms with E-state index in [-0.39, 0.29) is 13.0 Å². The first-order valence-corrected chi connectivity index (χ1v) is 2.29. The third-order valence-corrected chi connectivity index (χ3v) is 1.06. The van der Waals surface area contributed by atoms with E-state index >= 15 is 0 Å². The van der Waals surface area contributed by atoms with Crippen LogP contribution in [0.4, 0.5) is 13.2 Å². The Kier molecular flexibility index (Phi) is 1.19. The number of halogens is 3. The highest BCUT2D eigenvalue weighted by Gasteiger charge is 2.44. The Morgan fingerprint density at radius 1 is 1.38 bits per heavy atom. The van der Waals surface area contributed by atoms with Crippen LogP contribution in [0, 0.1) is 0 Å². The molecule has 1 nitrogen and oxygen atoms in total. The monoisotopic (exact) mass is 126 g/mol. The molecule has 0 amide bonds. The van der Waals surface area contributed by atoms with Crippen molar-refractivity contribution in [1.29, 1.82) is 0 Å². The van der Waals surface area contributed by atoms with Crippen LogP contribution in [0.5, 0.6) is 0 Å². The van der Waals surface area contributed by atoms with E-state index in [9.17, 15) is 13.2 Å². The third kappa shape index (κ3) is 0.940. The van der Waals surface area contributed by atoms with E-state index in [0.717, 1.165) is 0 Å². The number of rotatable bonds is 0. The Morgan fingerprint density at radius 2 is 1.88 bits per heavy atom. The minimum atomic E-state index is -4.13. The van der Waals surface area contributed by atoms with Crippen LogP contribution in [-0.2, 0) is 4.74 Å². The molecule has 1 rings (SSSR count). The highest BCUT2D eigenvalue weighted by atomic mass is 19.4. The van der Waals surface area contributed by atoms with Crippen LogP contribution in [0.25, 0.3) is 0 Å². The zero-order valence-electron chi connectivity index (χ0n) is 4.03. The molecular weight excluding hydrogens is 121 g/mol. The van der Waals surface area contributed by atoms with E-state index in [0.29, 0.717) is 0 Å². The molecule has 1 atom stereocenters. The number of hydrogen-bond acceptors (Lipinski definition) is 1. The number of alkyl halides is 3. The summed E-state index contributed by atoms with van der Waals surface area (Å²) in [5.74, 6) is 0. The van der Waals surface area contributed by atoms with Crippen molar-refractivity contribution >= 4 is 0 Å². The van der Waals surface area contributed by atoms with Crippen LogP contribution in [0.3, 0.4) is 0 Å². The largest absolute Gasteiger partial charge is 0.414 e. The Hall–Kier alpha value is -0.250. The van der Waals surface area contributed by atoms with Gasteiger partial charge in [-0.25, -0.2) is 0 Å². The summed E-state index contributed by atoms with van der Waals surface area (Å²) in [7, 11) is 0. The molecule has 0 bridgehead atoms. The maximum atomic E-state index is 11.4. The van der Waals surface area contributed by atoms with Crippen molar-refractivity contribution in [3.63, 3.8) is 0 Å². The van der Waals surface area contributed by atoms with Gasteiger partial charge in [-0.15, -0.1) is 0 Å².